The first-order chi connectivity index (χ1) is 12.0. The minimum absolute atomic E-state index is 0.862. The van der Waals surface area contributed by atoms with Crippen molar-refractivity contribution in [3.05, 3.63) is 13.2 Å². The van der Waals surface area contributed by atoms with Crippen molar-refractivity contribution in [2.24, 2.45) is 17.8 Å². The van der Waals surface area contributed by atoms with E-state index in [0.29, 0.717) is 0 Å². The highest BCUT2D eigenvalue weighted by atomic mass is 16.5. The van der Waals surface area contributed by atoms with Crippen LogP contribution in [0.15, 0.2) is 13.2 Å². The van der Waals surface area contributed by atoms with Crippen molar-refractivity contribution in [1.82, 2.24) is 0 Å². The van der Waals surface area contributed by atoms with E-state index in [1.165, 1.54) is 70.8 Å². The molecule has 0 aromatic rings. The second-order valence-corrected chi connectivity index (χ2v) is 8.62. The lowest BCUT2D eigenvalue weighted by Gasteiger charge is -2.35. The quantitative estimate of drug-likeness (QED) is 0.401. The van der Waals surface area contributed by atoms with Crippen LogP contribution in [0.1, 0.15) is 78.1 Å². The molecule has 2 saturated carbocycles. The molecular weight excluding hydrogens is 306 g/mol. The van der Waals surface area contributed by atoms with E-state index in [1.807, 2.05) is 0 Å². The lowest BCUT2D eigenvalue weighted by Crippen LogP contribution is -2.41. The van der Waals surface area contributed by atoms with Crippen LogP contribution >= 0.6 is 0 Å². The Morgan fingerprint density at radius 3 is 1.60 bits per heavy atom. The molecule has 0 amide bonds. The average molecular weight is 355 g/mol. The van der Waals surface area contributed by atoms with Crippen molar-refractivity contribution < 1.29 is 9.22 Å². The highest BCUT2D eigenvalue weighted by Gasteiger charge is 2.27. The van der Waals surface area contributed by atoms with Crippen LogP contribution in [-0.4, -0.2) is 45.4 Å². The summed E-state index contributed by atoms with van der Waals surface area (Å²) in [6.45, 7) is 13.9. The summed E-state index contributed by atoms with van der Waals surface area (Å²) in [5.74, 6) is 3.22. The zero-order chi connectivity index (χ0) is 19.1. The van der Waals surface area contributed by atoms with E-state index in [-0.39, 0.29) is 0 Å². The number of methoxy groups -OCH3 is 1. The fourth-order valence-electron chi connectivity index (χ4n) is 4.20. The minimum atomic E-state index is 0.862. The van der Waals surface area contributed by atoms with Crippen LogP contribution in [0.3, 0.4) is 0 Å². The first-order valence-corrected chi connectivity index (χ1v) is 10.8. The number of rotatable bonds is 6. The van der Waals surface area contributed by atoms with E-state index in [1.54, 1.807) is 7.11 Å². The van der Waals surface area contributed by atoms with Crippen LogP contribution < -0.4 is 0 Å². The standard InChI is InChI=1S/C14H26.C7H18NO.C2H4/c1-12(13-8-4-2-5-9-13)14-10-6-3-7-11-14;1-5-8(2,3)6-7-9-4;1-2/h12-14H,2-11H2,1H3;5-7H2,1-4H3;1-2H2/q;+1;. The minimum Gasteiger partial charge on any atom is -0.379 e. The molecule has 25 heavy (non-hydrogen) atoms. The Labute approximate surface area is 159 Å². The van der Waals surface area contributed by atoms with Gasteiger partial charge in [0.2, 0.25) is 0 Å². The van der Waals surface area contributed by atoms with Crippen LogP contribution in [-0.2, 0) is 4.74 Å². The molecule has 0 aromatic carbocycles. The molecule has 0 spiro atoms. The fraction of sp³-hybridized carbons (Fsp3) is 0.913. The van der Waals surface area contributed by atoms with Crippen molar-refractivity contribution >= 4 is 0 Å². The molecule has 0 unspecified atom stereocenters. The molecule has 2 heteroatoms. The van der Waals surface area contributed by atoms with Crippen LogP contribution in [0.2, 0.25) is 0 Å². The van der Waals surface area contributed by atoms with Crippen molar-refractivity contribution in [1.29, 1.82) is 0 Å². The molecule has 0 atom stereocenters. The molecule has 2 aliphatic rings. The van der Waals surface area contributed by atoms with Gasteiger partial charge in [0, 0.05) is 7.11 Å². The second kappa shape index (κ2) is 14.8. The van der Waals surface area contributed by atoms with E-state index in [9.17, 15) is 0 Å². The second-order valence-electron chi connectivity index (χ2n) is 8.62. The van der Waals surface area contributed by atoms with Crippen molar-refractivity contribution in [3.8, 4) is 0 Å². The molecular formula is C23H48NO+. The smallest absolute Gasteiger partial charge is 0.102 e. The summed E-state index contributed by atoms with van der Waals surface area (Å²) in [5.41, 5.74) is 0. The average Bonchev–Trinajstić information content (AvgIpc) is 2.69. The topological polar surface area (TPSA) is 9.23 Å². The molecule has 150 valence electrons. The van der Waals surface area contributed by atoms with Gasteiger partial charge < -0.3 is 9.22 Å². The van der Waals surface area contributed by atoms with E-state index in [2.05, 4.69) is 41.1 Å². The summed E-state index contributed by atoms with van der Waals surface area (Å²) in [5, 5.41) is 0. The summed E-state index contributed by atoms with van der Waals surface area (Å²) in [6.07, 6.45) is 15.2. The Bertz CT molecular complexity index is 272. The van der Waals surface area contributed by atoms with Gasteiger partial charge in [0.05, 0.1) is 27.2 Å². The summed E-state index contributed by atoms with van der Waals surface area (Å²) in [4.78, 5) is 0. The predicted octanol–water partition coefficient (Wildman–Crippen LogP) is 6.31. The van der Waals surface area contributed by atoms with Gasteiger partial charge in [0.1, 0.15) is 6.54 Å². The third-order valence-corrected chi connectivity index (χ3v) is 6.54. The SMILES string of the molecule is C=C.CC(C1CCCCC1)C1CCCCC1.CC[N+](C)(C)CCOC. The largest absolute Gasteiger partial charge is 0.379 e. The van der Waals surface area contributed by atoms with Crippen LogP contribution in [0.25, 0.3) is 0 Å². The maximum Gasteiger partial charge on any atom is 0.102 e. The van der Waals surface area contributed by atoms with Gasteiger partial charge in [-0.15, -0.1) is 13.2 Å². The zero-order valence-corrected chi connectivity index (χ0v) is 18.2. The molecule has 2 nitrogen and oxygen atoms in total. The summed E-state index contributed by atoms with van der Waals surface area (Å²) in [7, 11) is 6.16. The van der Waals surface area contributed by atoms with E-state index < -0.39 is 0 Å². The van der Waals surface area contributed by atoms with Gasteiger partial charge in [-0.3, -0.25) is 0 Å². The Kier molecular flexibility index (Phi) is 14.6. The summed E-state index contributed by atoms with van der Waals surface area (Å²) < 4.78 is 6.01. The molecule has 2 aliphatic carbocycles. The molecule has 0 aliphatic heterocycles. The molecule has 0 radical (unpaired) electrons. The lowest BCUT2D eigenvalue weighted by atomic mass is 9.71. The third-order valence-electron chi connectivity index (χ3n) is 6.54. The molecule has 0 aromatic heterocycles. The van der Waals surface area contributed by atoms with Crippen LogP contribution in [0.5, 0.6) is 0 Å². The van der Waals surface area contributed by atoms with Gasteiger partial charge in [-0.25, -0.2) is 0 Å². The van der Waals surface area contributed by atoms with Crippen molar-refractivity contribution in [3.63, 3.8) is 0 Å². The van der Waals surface area contributed by atoms with Crippen LogP contribution in [0.4, 0.5) is 0 Å². The highest BCUT2D eigenvalue weighted by Crippen LogP contribution is 2.39. The number of quaternary nitrogens is 1. The lowest BCUT2D eigenvalue weighted by molar-refractivity contribution is -0.888. The number of nitrogens with zero attached hydrogens (tertiary/aromatic N) is 1. The molecule has 0 N–H and O–H groups in total. The predicted molar refractivity (Wildman–Crippen MR) is 113 cm³/mol. The maximum atomic E-state index is 4.96. The van der Waals surface area contributed by atoms with Crippen molar-refractivity contribution in [2.45, 2.75) is 78.1 Å². The molecule has 0 saturated heterocycles. The first-order valence-electron chi connectivity index (χ1n) is 10.8. The monoisotopic (exact) mass is 354 g/mol. The Morgan fingerprint density at radius 1 is 0.880 bits per heavy atom. The Balaban J connectivity index is 0.000000458. The number of hydrogen-bond acceptors (Lipinski definition) is 1. The molecule has 2 fully saturated rings. The Hall–Kier alpha value is -0.340. The van der Waals surface area contributed by atoms with Crippen molar-refractivity contribution in [2.75, 3.05) is 40.9 Å². The zero-order valence-electron chi connectivity index (χ0n) is 18.2. The van der Waals surface area contributed by atoms with Gasteiger partial charge >= 0.3 is 0 Å². The van der Waals surface area contributed by atoms with Gasteiger partial charge in [0.25, 0.3) is 0 Å². The summed E-state index contributed by atoms with van der Waals surface area (Å²) in [6, 6.07) is 0. The Morgan fingerprint density at radius 2 is 1.28 bits per heavy atom. The molecule has 0 heterocycles. The number of ether oxygens (including phenoxy) is 1. The number of likely N-dealkylation sites (N-methyl/N-ethyl adjacent to an activating group) is 1. The third kappa shape index (κ3) is 11.1. The fourth-order valence-corrected chi connectivity index (χ4v) is 4.20. The number of hydrogen-bond donors (Lipinski definition) is 0. The normalized spacial score (nSPS) is 19.6. The van der Waals surface area contributed by atoms with Gasteiger partial charge in [-0.05, 0) is 24.7 Å². The molecule has 0 bridgehead atoms. The van der Waals surface area contributed by atoms with E-state index in [0.717, 1.165) is 35.4 Å². The highest BCUT2D eigenvalue weighted by molar-refractivity contribution is 4.78. The van der Waals surface area contributed by atoms with Gasteiger partial charge in [-0.2, -0.15) is 0 Å². The van der Waals surface area contributed by atoms with E-state index in [4.69, 9.17) is 4.74 Å². The van der Waals surface area contributed by atoms with Crippen LogP contribution in [0, 0.1) is 17.8 Å². The van der Waals surface area contributed by atoms with Gasteiger partial charge in [-0.1, -0.05) is 71.1 Å². The van der Waals surface area contributed by atoms with Gasteiger partial charge in [0.15, 0.2) is 0 Å². The first kappa shape index (κ1) is 24.7. The molecule has 2 rings (SSSR count). The summed E-state index contributed by atoms with van der Waals surface area (Å²) >= 11 is 0. The van der Waals surface area contributed by atoms with E-state index >= 15 is 0 Å². The maximum absolute atomic E-state index is 4.96.